The largest absolute Gasteiger partial charge is 0.485 e. The Balaban J connectivity index is 1.70. The lowest BCUT2D eigenvalue weighted by Gasteiger charge is -2.22. The maximum absolute atomic E-state index is 14.1. The normalized spacial score (nSPS) is 13.0. The minimum atomic E-state index is -0.719. The van der Waals surface area contributed by atoms with Crippen LogP contribution in [0.2, 0.25) is 0 Å². The molecule has 0 aliphatic heterocycles. The lowest BCUT2D eigenvalue weighted by molar-refractivity contribution is 0.194. The van der Waals surface area contributed by atoms with Crippen LogP contribution in [0.4, 0.5) is 13.6 Å². The van der Waals surface area contributed by atoms with Crippen LogP contribution in [0.3, 0.4) is 0 Å². The number of hydrogen-bond donors (Lipinski definition) is 2. The van der Waals surface area contributed by atoms with Gasteiger partial charge in [-0.25, -0.2) is 23.2 Å². The number of carbonyl (C=O) groups excluding carboxylic acids is 1. The van der Waals surface area contributed by atoms with E-state index in [1.54, 1.807) is 42.3 Å². The molecule has 0 bridgehead atoms. The van der Waals surface area contributed by atoms with E-state index in [1.807, 2.05) is 13.8 Å². The maximum Gasteiger partial charge on any atom is 0.414 e. The third kappa shape index (κ3) is 5.24. The van der Waals surface area contributed by atoms with E-state index in [0.29, 0.717) is 23.4 Å². The molecule has 1 amide bonds. The van der Waals surface area contributed by atoms with Gasteiger partial charge in [0.25, 0.3) is 0 Å². The van der Waals surface area contributed by atoms with E-state index >= 15 is 0 Å². The topological polar surface area (TPSA) is 109 Å². The third-order valence-corrected chi connectivity index (χ3v) is 5.63. The molecule has 1 atom stereocenters. The molecular formula is C24H26F2N6O3. The number of fused-ring (bicyclic) bond motifs is 1. The molecule has 1 aromatic carbocycles. The fraction of sp³-hybridized carbons (Fsp3) is 0.292. The molecule has 0 spiro atoms. The maximum atomic E-state index is 14.1. The van der Waals surface area contributed by atoms with Gasteiger partial charge in [0, 0.05) is 36.7 Å². The highest BCUT2D eigenvalue weighted by Gasteiger charge is 2.22. The summed E-state index contributed by atoms with van der Waals surface area (Å²) in [7, 11) is 0. The number of carbonyl (C=O) groups is 1. The number of benzene rings is 1. The summed E-state index contributed by atoms with van der Waals surface area (Å²) in [6.45, 7) is 5.27. The monoisotopic (exact) mass is 484 g/mol. The first-order chi connectivity index (χ1) is 16.7. The summed E-state index contributed by atoms with van der Waals surface area (Å²) >= 11 is 0. The zero-order chi connectivity index (χ0) is 25.2. The van der Waals surface area contributed by atoms with Crippen LogP contribution < -0.4 is 20.5 Å². The Kier molecular flexibility index (Phi) is 6.70. The van der Waals surface area contributed by atoms with E-state index in [2.05, 4.69) is 15.4 Å². The quantitative estimate of drug-likeness (QED) is 0.393. The van der Waals surface area contributed by atoms with Crippen LogP contribution in [0, 0.1) is 18.6 Å². The van der Waals surface area contributed by atoms with E-state index in [9.17, 15) is 13.6 Å². The number of aryl methyl sites for hydroxylation is 1. The standard InChI is InChI=1S/C24H26F2N6O3/c1-4-24(3,27)14-28-23(33)35-22-15(2)30-21-20(34-13-17-18(25)7-5-8-19(17)26)11-16(12-31(21)22)32-10-6-9-29-32/h5-12H,4,13-14,27H2,1-3H3,(H,28,33). The average molecular weight is 485 g/mol. The Bertz CT molecular complexity index is 1330. The number of aromatic nitrogens is 4. The first kappa shape index (κ1) is 24.1. The molecule has 3 N–H and O–H groups in total. The van der Waals surface area contributed by atoms with E-state index < -0.39 is 23.3 Å². The van der Waals surface area contributed by atoms with Crippen LogP contribution in [-0.4, -0.2) is 37.3 Å². The highest BCUT2D eigenvalue weighted by atomic mass is 19.1. The first-order valence-electron chi connectivity index (χ1n) is 11.0. The smallest absolute Gasteiger partial charge is 0.414 e. The molecule has 0 saturated heterocycles. The summed E-state index contributed by atoms with van der Waals surface area (Å²) in [5, 5.41) is 6.88. The van der Waals surface area contributed by atoms with Gasteiger partial charge in [0.15, 0.2) is 11.4 Å². The molecule has 0 radical (unpaired) electrons. The first-order valence-corrected chi connectivity index (χ1v) is 11.0. The summed E-state index contributed by atoms with van der Waals surface area (Å²) in [5.74, 6) is -1.06. The predicted octanol–water partition coefficient (Wildman–Crippen LogP) is 3.90. The highest BCUT2D eigenvalue weighted by Crippen LogP contribution is 2.30. The average Bonchev–Trinajstić information content (AvgIpc) is 3.46. The molecule has 3 heterocycles. The molecule has 0 aliphatic carbocycles. The van der Waals surface area contributed by atoms with Crippen molar-refractivity contribution in [1.29, 1.82) is 0 Å². The number of hydrogen-bond acceptors (Lipinski definition) is 6. The summed E-state index contributed by atoms with van der Waals surface area (Å²) < 4.78 is 42.7. The molecule has 0 saturated carbocycles. The lowest BCUT2D eigenvalue weighted by Crippen LogP contribution is -2.47. The van der Waals surface area contributed by atoms with Crippen LogP contribution in [-0.2, 0) is 6.61 Å². The Morgan fingerprint density at radius 1 is 1.26 bits per heavy atom. The number of nitrogens with one attached hydrogen (secondary N) is 1. The molecule has 35 heavy (non-hydrogen) atoms. The summed E-state index contributed by atoms with van der Waals surface area (Å²) in [6, 6.07) is 6.98. The molecule has 4 rings (SSSR count). The van der Waals surface area contributed by atoms with Gasteiger partial charge in [0.2, 0.25) is 5.88 Å². The lowest BCUT2D eigenvalue weighted by atomic mass is 10.0. The van der Waals surface area contributed by atoms with Gasteiger partial charge in [-0.3, -0.25) is 4.40 Å². The van der Waals surface area contributed by atoms with Crippen LogP contribution >= 0.6 is 0 Å². The zero-order valence-corrected chi connectivity index (χ0v) is 19.6. The minimum absolute atomic E-state index is 0.156. The molecule has 11 heteroatoms. The molecule has 0 fully saturated rings. The van der Waals surface area contributed by atoms with Gasteiger partial charge >= 0.3 is 6.09 Å². The van der Waals surface area contributed by atoms with E-state index in [4.69, 9.17) is 15.2 Å². The molecule has 4 aromatic rings. The second-order valence-electron chi connectivity index (χ2n) is 8.45. The van der Waals surface area contributed by atoms with Crippen molar-refractivity contribution in [2.45, 2.75) is 39.3 Å². The number of nitrogens with zero attached hydrogens (tertiary/aromatic N) is 4. The van der Waals surface area contributed by atoms with Gasteiger partial charge in [0.1, 0.15) is 23.9 Å². The molecule has 1 unspecified atom stereocenters. The van der Waals surface area contributed by atoms with Gasteiger partial charge in [-0.15, -0.1) is 0 Å². The second kappa shape index (κ2) is 9.71. The van der Waals surface area contributed by atoms with Gasteiger partial charge < -0.3 is 20.5 Å². The number of rotatable bonds is 8. The van der Waals surface area contributed by atoms with Crippen LogP contribution in [0.15, 0.2) is 48.9 Å². The summed E-state index contributed by atoms with van der Waals surface area (Å²) in [6.07, 6.45) is 4.95. The van der Waals surface area contributed by atoms with Crippen molar-refractivity contribution in [2.24, 2.45) is 5.73 Å². The van der Waals surface area contributed by atoms with Crippen LogP contribution in [0.25, 0.3) is 11.3 Å². The number of pyridine rings is 1. The Morgan fingerprint density at radius 3 is 2.66 bits per heavy atom. The van der Waals surface area contributed by atoms with Crippen LogP contribution in [0.1, 0.15) is 31.5 Å². The number of nitrogens with two attached hydrogens (primary N) is 1. The van der Waals surface area contributed by atoms with Crippen molar-refractivity contribution in [3.05, 3.63) is 71.8 Å². The fourth-order valence-corrected chi connectivity index (χ4v) is 3.31. The minimum Gasteiger partial charge on any atom is -0.485 e. The van der Waals surface area contributed by atoms with Gasteiger partial charge in [0.05, 0.1) is 11.3 Å². The van der Waals surface area contributed by atoms with Crippen LogP contribution in [0.5, 0.6) is 11.6 Å². The molecule has 0 aliphatic rings. The van der Waals surface area contributed by atoms with Crippen molar-refractivity contribution in [3.8, 4) is 17.3 Å². The molecule has 3 aromatic heterocycles. The van der Waals surface area contributed by atoms with Gasteiger partial charge in [-0.2, -0.15) is 5.10 Å². The molecule has 184 valence electrons. The fourth-order valence-electron chi connectivity index (χ4n) is 3.31. The molecular weight excluding hydrogens is 458 g/mol. The summed E-state index contributed by atoms with van der Waals surface area (Å²) in [4.78, 5) is 17.0. The third-order valence-electron chi connectivity index (χ3n) is 5.63. The van der Waals surface area contributed by atoms with Crippen molar-refractivity contribution in [3.63, 3.8) is 0 Å². The van der Waals surface area contributed by atoms with E-state index in [0.717, 1.165) is 12.1 Å². The Hall–Kier alpha value is -3.99. The van der Waals surface area contributed by atoms with Crippen molar-refractivity contribution in [1.82, 2.24) is 24.5 Å². The number of halogens is 2. The van der Waals surface area contributed by atoms with Gasteiger partial charge in [-0.05, 0) is 38.5 Å². The SMILES string of the molecule is CCC(C)(N)CNC(=O)Oc1c(C)nc2c(OCc3c(F)cccc3F)cc(-n3cccn3)cn12. The zero-order valence-electron chi connectivity index (χ0n) is 19.6. The van der Waals surface area contributed by atoms with E-state index in [1.165, 1.54) is 10.5 Å². The van der Waals surface area contributed by atoms with Crippen molar-refractivity contribution < 1.29 is 23.0 Å². The Morgan fingerprint density at radius 2 is 2.00 bits per heavy atom. The Labute approximate surface area is 200 Å². The number of imidazole rings is 1. The van der Waals surface area contributed by atoms with Crippen molar-refractivity contribution >= 4 is 11.7 Å². The molecule has 9 nitrogen and oxygen atoms in total. The second-order valence-corrected chi connectivity index (χ2v) is 8.45. The predicted molar refractivity (Wildman–Crippen MR) is 125 cm³/mol. The van der Waals surface area contributed by atoms with Crippen molar-refractivity contribution in [2.75, 3.05) is 6.54 Å². The van der Waals surface area contributed by atoms with Gasteiger partial charge in [-0.1, -0.05) is 13.0 Å². The van der Waals surface area contributed by atoms with E-state index in [-0.39, 0.29) is 30.3 Å². The number of amides is 1. The summed E-state index contributed by atoms with van der Waals surface area (Å²) in [5.41, 5.74) is 6.55. The number of ether oxygens (including phenoxy) is 2. The highest BCUT2D eigenvalue weighted by molar-refractivity contribution is 5.71.